The third kappa shape index (κ3) is 25.5. The van der Waals surface area contributed by atoms with E-state index in [0.717, 1.165) is 49.9 Å². The summed E-state index contributed by atoms with van der Waals surface area (Å²) in [5.41, 5.74) is 40.2. The monoisotopic (exact) mass is 1810 g/mol. The summed E-state index contributed by atoms with van der Waals surface area (Å²) in [6.45, 7) is 15.6. The first-order valence-electron chi connectivity index (χ1n) is 35.4. The lowest BCUT2D eigenvalue weighted by molar-refractivity contribution is 0.416. The summed E-state index contributed by atoms with van der Waals surface area (Å²) in [6, 6.07) is 43.4. The second-order valence-electron chi connectivity index (χ2n) is 26.5. The summed E-state index contributed by atoms with van der Waals surface area (Å²) < 4.78 is 182. The number of rotatable bonds is 26. The fourth-order valence-corrected chi connectivity index (χ4v) is 23.3. The van der Waals surface area contributed by atoms with E-state index in [0.29, 0.717) is 80.4 Å². The van der Waals surface area contributed by atoms with E-state index in [1.165, 1.54) is 50.8 Å². The van der Waals surface area contributed by atoms with Gasteiger partial charge in [-0.1, -0.05) is 127 Å². The predicted octanol–water partition coefficient (Wildman–Crippen LogP) is 6.67. The third-order valence-corrected chi connectivity index (χ3v) is 31.1. The summed E-state index contributed by atoms with van der Waals surface area (Å²) in [7, 11) is -22.3. The average molecular weight is 1810 g/mol. The van der Waals surface area contributed by atoms with Crippen LogP contribution in [-0.4, -0.2) is 118 Å². The predicted molar refractivity (Wildman–Crippen MR) is 444 cm³/mol. The van der Waals surface area contributed by atoms with Gasteiger partial charge >= 0.3 is 0 Å². The minimum Gasteiger partial charge on any atom is -0.448 e. The molecular formula is C73H91ClN20O15S9. The zero-order valence-electron chi connectivity index (χ0n) is 65.5. The summed E-state index contributed by atoms with van der Waals surface area (Å²) in [6.07, 6.45) is 0. The Morgan fingerprint density at radius 1 is 0.441 bits per heavy atom. The van der Waals surface area contributed by atoms with Gasteiger partial charge in [-0.25, -0.2) is 64.1 Å². The number of sulfone groups is 6. The first-order chi connectivity index (χ1) is 55.4. The van der Waals surface area contributed by atoms with Crippen LogP contribution in [0.1, 0.15) is 105 Å². The van der Waals surface area contributed by atoms with Gasteiger partial charge in [0.15, 0.2) is 0 Å². The largest absolute Gasteiger partial charge is 0.448 e. The van der Waals surface area contributed by atoms with Crippen LogP contribution in [0.3, 0.4) is 0 Å². The van der Waals surface area contributed by atoms with Gasteiger partial charge in [0.2, 0.25) is 94.8 Å². The smallest absolute Gasteiger partial charge is 0.250 e. The molecule has 35 nitrogen and oxygen atoms in total. The molecule has 0 fully saturated rings. The van der Waals surface area contributed by atoms with E-state index in [4.69, 9.17) is 60.8 Å². The molecule has 7 heterocycles. The molecule has 0 bridgehead atoms. The highest BCUT2D eigenvalue weighted by atomic mass is 35.5. The van der Waals surface area contributed by atoms with E-state index >= 15 is 0 Å². The van der Waals surface area contributed by atoms with Crippen molar-refractivity contribution in [2.45, 2.75) is 167 Å². The second kappa shape index (κ2) is 41.4. The molecule has 45 heteroatoms. The zero-order valence-corrected chi connectivity index (χ0v) is 73.6. The van der Waals surface area contributed by atoms with Crippen LogP contribution in [-0.2, 0) is 159 Å². The normalized spacial score (nSPS) is 11.9. The Morgan fingerprint density at radius 3 is 1.29 bits per heavy atom. The number of nitrogens with two attached hydrogens (primary N) is 7. The van der Waals surface area contributed by atoms with Gasteiger partial charge in [0.25, 0.3) is 0 Å². The number of hydrogen-bond donors (Lipinski definition) is 7. The number of sulfonamides is 1. The number of nitriles is 1. The van der Waals surface area contributed by atoms with Crippen molar-refractivity contribution in [1.29, 1.82) is 5.26 Å². The van der Waals surface area contributed by atoms with E-state index in [1.54, 1.807) is 96.0 Å². The minimum atomic E-state index is -3.92. The molecule has 0 atom stereocenters. The Hall–Kier alpha value is -9.51. The van der Waals surface area contributed by atoms with Gasteiger partial charge < -0.3 is 57.1 Å². The Morgan fingerprint density at radius 2 is 0.864 bits per heavy atom. The molecule has 0 radical (unpaired) electrons. The first kappa shape index (κ1) is 95.6. The van der Waals surface area contributed by atoms with Crippen LogP contribution in [0.15, 0.2) is 199 Å². The molecule has 0 saturated heterocycles. The molecule has 0 unspecified atom stereocenters. The van der Waals surface area contributed by atoms with Gasteiger partial charge in [0, 0.05) is 43.6 Å². The fourth-order valence-electron chi connectivity index (χ4n) is 11.3. The lowest BCUT2D eigenvalue weighted by Gasteiger charge is -2.12. The number of hydrogen-bond acceptors (Lipinski definition) is 32. The van der Waals surface area contributed by atoms with Crippen LogP contribution in [0.25, 0.3) is 0 Å². The molecule has 0 amide bonds. The maximum atomic E-state index is 12.7. The van der Waals surface area contributed by atoms with Gasteiger partial charge in [-0.3, -0.25) is 0 Å². The molecule has 118 heavy (non-hydrogen) atoms. The SMILES string of the molecule is CC(C)Cn1c(CN)nnc1S(=O)(=O)Cc1cccc(C#N)c1.CCn1c(CN)nnc1S(=O)(=O)Cc1cc(C)cc(C)c1.Cc1cc(C)cc(CS(=O)(=O)c2nnc(CN)n2C)c1.Cn1c(CN)nnc1S(=O)(=O)Cc1ccccc1.NCc1ccc(S(=O)(=O)c2ccc(Cl)cc2)s1.NCc1ccc(S(=O)(=O)c2ccc(S(N)(=O)=O)s2)o1. The second-order valence-corrected chi connectivity index (χ2v) is 42.8. The summed E-state index contributed by atoms with van der Waals surface area (Å²) in [5.74, 6) is 1.87. The van der Waals surface area contributed by atoms with Gasteiger partial charge in [-0.15, -0.1) is 63.5 Å². The molecule has 7 aromatic heterocycles. The van der Waals surface area contributed by atoms with Crippen molar-refractivity contribution in [1.82, 2.24) is 59.1 Å². The van der Waals surface area contributed by atoms with Crippen LogP contribution >= 0.6 is 34.3 Å². The molecule has 0 aliphatic rings. The molecule has 634 valence electrons. The number of thiophene rings is 2. The maximum Gasteiger partial charge on any atom is 0.250 e. The Balaban J connectivity index is 0.000000196. The highest BCUT2D eigenvalue weighted by molar-refractivity contribution is 7.95. The summed E-state index contributed by atoms with van der Waals surface area (Å²) in [5, 5.41) is 44.3. The number of nitrogens with zero attached hydrogens (tertiary/aromatic N) is 13. The lowest BCUT2D eigenvalue weighted by atomic mass is 10.1. The fraction of sp³-hybridized carbons (Fsp3) is 0.301. The number of primary sulfonamides is 1. The van der Waals surface area contributed by atoms with Crippen molar-refractivity contribution >= 4 is 103 Å². The summed E-state index contributed by atoms with van der Waals surface area (Å²) >= 11 is 7.48. The van der Waals surface area contributed by atoms with Crippen LogP contribution in [0, 0.1) is 44.9 Å². The molecule has 0 aliphatic heterocycles. The van der Waals surface area contributed by atoms with Crippen LogP contribution in [0.2, 0.25) is 5.02 Å². The third-order valence-electron chi connectivity index (χ3n) is 16.5. The molecule has 5 aromatic carbocycles. The van der Waals surface area contributed by atoms with Crippen molar-refractivity contribution in [3.8, 4) is 6.07 Å². The number of benzene rings is 5. The number of furan rings is 1. The number of aromatic nitrogens is 12. The zero-order chi connectivity index (χ0) is 87.5. The van der Waals surface area contributed by atoms with Crippen LogP contribution in [0.5, 0.6) is 0 Å². The molecular weight excluding hydrogens is 1720 g/mol. The van der Waals surface area contributed by atoms with Gasteiger partial charge in [-0.05, 0) is 136 Å². The van der Waals surface area contributed by atoms with Gasteiger partial charge in [0.05, 0.1) is 72.3 Å². The van der Waals surface area contributed by atoms with Gasteiger partial charge in [-0.2, -0.15) is 5.26 Å². The minimum absolute atomic E-state index is 0.00962. The molecule has 12 aromatic rings. The molecule has 12 rings (SSSR count). The Labute approximate surface area is 698 Å². The summed E-state index contributed by atoms with van der Waals surface area (Å²) in [4.78, 5) is 1.09. The van der Waals surface area contributed by atoms with E-state index < -0.39 is 69.0 Å². The van der Waals surface area contributed by atoms with Crippen molar-refractivity contribution in [2.75, 3.05) is 0 Å². The van der Waals surface area contributed by atoms with E-state index in [9.17, 15) is 58.9 Å². The standard InChI is InChI=1S/C15H19N5O2S.C14H20N4O2S.C13H18N4O2S.C11H10ClNO2S2.C11H14N4O2S.C9H10N2O5S3/c1-11(2)9-20-14(8-17)18-19-15(20)23(21,22)10-13-5-3-4-12(6-13)7-16;1-4-18-13(8-15)16-17-14(18)21(19,20)9-12-6-10(2)5-11(3)7-12;1-9-4-10(2)6-11(5-9)8-20(18,19)13-16-15-12(7-14)17(13)3;12-8-1-4-10(5-2-8)17(14,15)11-6-3-9(7-13)16-11;1-15-10(7-12)13-14-11(15)18(16,17)8-9-5-3-2-4-6-9;10-5-6-1-2-7(16-6)18(12,13)8-3-4-9(17-8)19(11,14)15/h3-6,11H,8-10,17H2,1-2H3;5-7H,4,8-9,15H2,1-3H3;4-6H,7-8,14H2,1-3H3;1-6H,7,13H2;2-6H,7-8,12H2,1H3;1-4H,5,10H2,(H2,11,14,15). The van der Waals surface area contributed by atoms with Crippen LogP contribution in [0.4, 0.5) is 0 Å². The molecule has 0 spiro atoms. The van der Waals surface area contributed by atoms with Crippen molar-refractivity contribution in [3.05, 3.63) is 241 Å². The highest BCUT2D eigenvalue weighted by Crippen LogP contribution is 2.32. The number of halogens is 1. The van der Waals surface area contributed by atoms with E-state index in [1.807, 2.05) is 97.0 Å². The quantitative estimate of drug-likeness (QED) is 0.0297. The highest BCUT2D eigenvalue weighted by Gasteiger charge is 2.30. The first-order valence-corrected chi connectivity index (χ1v) is 48.5. The Kier molecular flexibility index (Phi) is 33.6. The lowest BCUT2D eigenvalue weighted by Crippen LogP contribution is -2.18. The average Bonchev–Trinajstić information content (AvgIpc) is 1.64. The molecule has 0 aliphatic carbocycles. The Bertz CT molecular complexity index is 6320. The van der Waals surface area contributed by atoms with Crippen molar-refractivity contribution < 1.29 is 63.3 Å². The van der Waals surface area contributed by atoms with Gasteiger partial charge in [0.1, 0.15) is 41.7 Å². The topological polar surface area (TPSA) is 581 Å². The maximum absolute atomic E-state index is 12.7. The van der Waals surface area contributed by atoms with E-state index in [-0.39, 0.29) is 101 Å². The molecule has 14 N–H and O–H groups in total. The van der Waals surface area contributed by atoms with Crippen LogP contribution < -0.4 is 39.5 Å². The van der Waals surface area contributed by atoms with E-state index in [2.05, 4.69) is 40.8 Å². The van der Waals surface area contributed by atoms with Crippen molar-refractivity contribution in [3.63, 3.8) is 0 Å². The molecule has 0 saturated carbocycles. The number of aryl methyl sites for hydroxylation is 4. The van der Waals surface area contributed by atoms with Crippen molar-refractivity contribution in [2.24, 2.45) is 59.6 Å².